The standard InChI is InChI=1S/C15H25N3O2/c1-5-7-18-12(4)14(11(3)16-18)15(20)17-8-6-10(2)13(19)9-17/h10,13,19H,5-9H2,1-4H3. The minimum atomic E-state index is -0.418. The topological polar surface area (TPSA) is 58.4 Å². The van der Waals surface area contributed by atoms with E-state index in [1.165, 1.54) is 0 Å². The molecule has 5 nitrogen and oxygen atoms in total. The summed E-state index contributed by atoms with van der Waals surface area (Å²) in [6, 6.07) is 0. The molecule has 5 heteroatoms. The SMILES string of the molecule is CCCn1nc(C)c(C(=O)N2CCC(C)C(O)C2)c1C. The number of rotatable bonds is 3. The summed E-state index contributed by atoms with van der Waals surface area (Å²) in [7, 11) is 0. The Morgan fingerprint density at radius 1 is 1.45 bits per heavy atom. The molecule has 112 valence electrons. The molecule has 1 fully saturated rings. The van der Waals surface area contributed by atoms with Crippen molar-refractivity contribution in [2.45, 2.75) is 53.2 Å². The van der Waals surface area contributed by atoms with Gasteiger partial charge < -0.3 is 10.0 Å². The Morgan fingerprint density at radius 3 is 2.75 bits per heavy atom. The van der Waals surface area contributed by atoms with E-state index < -0.39 is 6.10 Å². The molecule has 0 aliphatic carbocycles. The van der Waals surface area contributed by atoms with Crippen LogP contribution in [0, 0.1) is 19.8 Å². The Hall–Kier alpha value is -1.36. The van der Waals surface area contributed by atoms with Gasteiger partial charge in [0.25, 0.3) is 5.91 Å². The van der Waals surface area contributed by atoms with E-state index in [-0.39, 0.29) is 11.8 Å². The number of hydrogen-bond donors (Lipinski definition) is 1. The number of likely N-dealkylation sites (tertiary alicyclic amines) is 1. The molecule has 2 unspecified atom stereocenters. The molecular formula is C15H25N3O2. The van der Waals surface area contributed by atoms with Crippen LogP contribution in [0.5, 0.6) is 0 Å². The molecule has 2 heterocycles. The molecular weight excluding hydrogens is 254 g/mol. The van der Waals surface area contributed by atoms with Crippen molar-refractivity contribution in [2.75, 3.05) is 13.1 Å². The molecule has 1 aromatic heterocycles. The van der Waals surface area contributed by atoms with Crippen molar-refractivity contribution in [3.05, 3.63) is 17.0 Å². The monoisotopic (exact) mass is 279 g/mol. The smallest absolute Gasteiger partial charge is 0.257 e. The molecule has 1 aromatic rings. The van der Waals surface area contributed by atoms with E-state index in [2.05, 4.69) is 12.0 Å². The molecule has 0 saturated carbocycles. The van der Waals surface area contributed by atoms with Crippen LogP contribution in [-0.2, 0) is 6.54 Å². The molecule has 0 radical (unpaired) electrons. The van der Waals surface area contributed by atoms with Gasteiger partial charge >= 0.3 is 0 Å². The summed E-state index contributed by atoms with van der Waals surface area (Å²) in [5.74, 6) is 0.275. The van der Waals surface area contributed by atoms with E-state index in [1.807, 2.05) is 25.5 Å². The lowest BCUT2D eigenvalue weighted by atomic mass is 9.95. The Morgan fingerprint density at radius 2 is 2.15 bits per heavy atom. The number of carbonyl (C=O) groups is 1. The highest BCUT2D eigenvalue weighted by Crippen LogP contribution is 2.22. The fraction of sp³-hybridized carbons (Fsp3) is 0.733. The van der Waals surface area contributed by atoms with Gasteiger partial charge in [0.05, 0.1) is 17.4 Å². The van der Waals surface area contributed by atoms with E-state index in [4.69, 9.17) is 0 Å². The zero-order valence-electron chi connectivity index (χ0n) is 12.9. The molecule has 2 atom stereocenters. The van der Waals surface area contributed by atoms with Crippen LogP contribution in [-0.4, -0.2) is 44.9 Å². The molecule has 1 N–H and O–H groups in total. The second-order valence-corrected chi connectivity index (χ2v) is 5.85. The van der Waals surface area contributed by atoms with E-state index in [1.54, 1.807) is 4.90 Å². The van der Waals surface area contributed by atoms with Crippen molar-refractivity contribution >= 4 is 5.91 Å². The third-order valence-corrected chi connectivity index (χ3v) is 4.24. The van der Waals surface area contributed by atoms with Crippen LogP contribution in [0.2, 0.25) is 0 Å². The Kier molecular flexibility index (Phi) is 4.48. The van der Waals surface area contributed by atoms with Gasteiger partial charge in [-0.1, -0.05) is 13.8 Å². The number of carbonyl (C=O) groups excluding carboxylic acids is 1. The zero-order valence-corrected chi connectivity index (χ0v) is 12.9. The van der Waals surface area contributed by atoms with Crippen LogP contribution in [0.15, 0.2) is 0 Å². The highest BCUT2D eigenvalue weighted by molar-refractivity contribution is 5.96. The van der Waals surface area contributed by atoms with Crippen molar-refractivity contribution in [1.82, 2.24) is 14.7 Å². The largest absolute Gasteiger partial charge is 0.391 e. The molecule has 1 aliphatic rings. The number of amides is 1. The molecule has 0 aromatic carbocycles. The Labute approximate surface area is 120 Å². The summed E-state index contributed by atoms with van der Waals surface area (Å²) >= 11 is 0. The molecule has 0 bridgehead atoms. The highest BCUT2D eigenvalue weighted by atomic mass is 16.3. The van der Waals surface area contributed by atoms with Crippen LogP contribution in [0.4, 0.5) is 0 Å². The summed E-state index contributed by atoms with van der Waals surface area (Å²) in [6.45, 7) is 9.94. The van der Waals surface area contributed by atoms with Crippen LogP contribution in [0.25, 0.3) is 0 Å². The van der Waals surface area contributed by atoms with Crippen LogP contribution >= 0.6 is 0 Å². The summed E-state index contributed by atoms with van der Waals surface area (Å²) in [6.07, 6.45) is 1.43. The minimum Gasteiger partial charge on any atom is -0.391 e. The predicted octanol–water partition coefficient (Wildman–Crippen LogP) is 1.75. The molecule has 1 aliphatic heterocycles. The van der Waals surface area contributed by atoms with Gasteiger partial charge in [-0.15, -0.1) is 0 Å². The van der Waals surface area contributed by atoms with Gasteiger partial charge in [-0.3, -0.25) is 9.48 Å². The third-order valence-electron chi connectivity index (χ3n) is 4.24. The summed E-state index contributed by atoms with van der Waals surface area (Å²) in [4.78, 5) is 14.4. The van der Waals surface area contributed by atoms with Gasteiger partial charge in [-0.2, -0.15) is 5.10 Å². The van der Waals surface area contributed by atoms with Crippen molar-refractivity contribution in [1.29, 1.82) is 0 Å². The number of aliphatic hydroxyl groups is 1. The molecule has 20 heavy (non-hydrogen) atoms. The van der Waals surface area contributed by atoms with E-state index in [0.717, 1.165) is 37.3 Å². The first-order valence-electron chi connectivity index (χ1n) is 7.47. The summed E-state index contributed by atoms with van der Waals surface area (Å²) < 4.78 is 1.91. The van der Waals surface area contributed by atoms with Crippen molar-refractivity contribution in [3.63, 3.8) is 0 Å². The Balaban J connectivity index is 2.21. The van der Waals surface area contributed by atoms with Crippen LogP contribution in [0.1, 0.15) is 48.4 Å². The van der Waals surface area contributed by atoms with Crippen LogP contribution < -0.4 is 0 Å². The summed E-state index contributed by atoms with van der Waals surface area (Å²) in [5, 5.41) is 14.4. The maximum absolute atomic E-state index is 12.7. The van der Waals surface area contributed by atoms with E-state index in [0.29, 0.717) is 12.1 Å². The van der Waals surface area contributed by atoms with E-state index >= 15 is 0 Å². The molecule has 1 amide bonds. The maximum atomic E-state index is 12.7. The number of aromatic nitrogens is 2. The number of aliphatic hydroxyl groups excluding tert-OH is 1. The number of nitrogens with zero attached hydrogens (tertiary/aromatic N) is 3. The van der Waals surface area contributed by atoms with Crippen LogP contribution in [0.3, 0.4) is 0 Å². The second kappa shape index (κ2) is 5.95. The fourth-order valence-corrected chi connectivity index (χ4v) is 2.83. The minimum absolute atomic E-state index is 0.00769. The third kappa shape index (κ3) is 2.73. The lowest BCUT2D eigenvalue weighted by Gasteiger charge is -2.34. The van der Waals surface area contributed by atoms with Crippen molar-refractivity contribution in [3.8, 4) is 0 Å². The number of β-amino-alcohol motifs (C(OH)–C–C–N with tert-alkyl or cyclic N) is 1. The van der Waals surface area contributed by atoms with Crippen molar-refractivity contribution < 1.29 is 9.90 Å². The highest BCUT2D eigenvalue weighted by Gasteiger charge is 2.30. The number of piperidine rings is 1. The predicted molar refractivity (Wildman–Crippen MR) is 77.7 cm³/mol. The second-order valence-electron chi connectivity index (χ2n) is 5.85. The number of aryl methyl sites for hydroxylation is 2. The summed E-state index contributed by atoms with van der Waals surface area (Å²) in [5.41, 5.74) is 2.43. The average Bonchev–Trinajstić information content (AvgIpc) is 2.68. The van der Waals surface area contributed by atoms with Gasteiger partial charge in [-0.05, 0) is 32.6 Å². The first-order chi connectivity index (χ1) is 9.45. The average molecular weight is 279 g/mol. The first-order valence-corrected chi connectivity index (χ1v) is 7.47. The number of hydrogen-bond acceptors (Lipinski definition) is 3. The van der Waals surface area contributed by atoms with Gasteiger partial charge in [0.15, 0.2) is 0 Å². The van der Waals surface area contributed by atoms with Gasteiger partial charge in [0.2, 0.25) is 0 Å². The first kappa shape index (κ1) is 15.0. The lowest BCUT2D eigenvalue weighted by molar-refractivity contribution is 0.0247. The van der Waals surface area contributed by atoms with Gasteiger partial charge in [0, 0.05) is 25.3 Å². The van der Waals surface area contributed by atoms with Gasteiger partial charge in [0.1, 0.15) is 0 Å². The molecule has 2 rings (SSSR count). The zero-order chi connectivity index (χ0) is 14.9. The normalized spacial score (nSPS) is 23.1. The quantitative estimate of drug-likeness (QED) is 0.917. The van der Waals surface area contributed by atoms with Gasteiger partial charge in [-0.25, -0.2) is 0 Å². The molecule has 0 spiro atoms. The van der Waals surface area contributed by atoms with E-state index in [9.17, 15) is 9.90 Å². The fourth-order valence-electron chi connectivity index (χ4n) is 2.83. The molecule has 1 saturated heterocycles. The maximum Gasteiger partial charge on any atom is 0.257 e. The lowest BCUT2D eigenvalue weighted by Crippen LogP contribution is -2.46. The van der Waals surface area contributed by atoms with Crippen molar-refractivity contribution in [2.24, 2.45) is 5.92 Å². The Bertz CT molecular complexity index is 496.